The molecule has 0 bridgehead atoms. The first-order chi connectivity index (χ1) is 9.97. The molecule has 5 heteroatoms. The molecule has 0 radical (unpaired) electrons. The van der Waals surface area contributed by atoms with Crippen LogP contribution in [-0.2, 0) is 17.9 Å². The Morgan fingerprint density at radius 2 is 1.95 bits per heavy atom. The zero-order valence-corrected chi connectivity index (χ0v) is 15.2. The standard InChI is InChI=1S/C16H31N3OS/c1-7-19(10-13(4)5)16-18-14(11-20-6)15(21-16)9-17-8-12(2)3/h12-13,17H,7-11H2,1-6H3. The molecule has 0 unspecified atom stereocenters. The van der Waals surface area contributed by atoms with Crippen LogP contribution in [0.5, 0.6) is 0 Å². The predicted octanol–water partition coefficient (Wildman–Crippen LogP) is 3.52. The van der Waals surface area contributed by atoms with E-state index in [2.05, 4.69) is 44.8 Å². The Morgan fingerprint density at radius 1 is 1.24 bits per heavy atom. The van der Waals surface area contributed by atoms with Crippen LogP contribution in [0.2, 0.25) is 0 Å². The van der Waals surface area contributed by atoms with Gasteiger partial charge in [0.05, 0.1) is 12.3 Å². The summed E-state index contributed by atoms with van der Waals surface area (Å²) in [4.78, 5) is 8.46. The maximum absolute atomic E-state index is 5.30. The second-order valence-corrected chi connectivity index (χ2v) is 7.32. The number of aromatic nitrogens is 1. The lowest BCUT2D eigenvalue weighted by molar-refractivity contribution is 0.181. The first-order valence-corrected chi connectivity index (χ1v) is 8.72. The summed E-state index contributed by atoms with van der Waals surface area (Å²) in [5.41, 5.74) is 1.08. The van der Waals surface area contributed by atoms with Gasteiger partial charge in [-0.1, -0.05) is 27.7 Å². The van der Waals surface area contributed by atoms with E-state index in [4.69, 9.17) is 9.72 Å². The first-order valence-electron chi connectivity index (χ1n) is 7.91. The van der Waals surface area contributed by atoms with Crippen molar-refractivity contribution in [2.45, 2.75) is 47.8 Å². The fourth-order valence-corrected chi connectivity index (χ4v) is 3.26. The Bertz CT molecular complexity index is 404. The van der Waals surface area contributed by atoms with E-state index in [1.165, 1.54) is 4.88 Å². The van der Waals surface area contributed by atoms with Crippen molar-refractivity contribution in [2.24, 2.45) is 11.8 Å². The minimum absolute atomic E-state index is 0.592. The van der Waals surface area contributed by atoms with Gasteiger partial charge in [0.15, 0.2) is 5.13 Å². The van der Waals surface area contributed by atoms with Crippen LogP contribution in [0.25, 0.3) is 0 Å². The van der Waals surface area contributed by atoms with Gasteiger partial charge in [-0.2, -0.15) is 0 Å². The van der Waals surface area contributed by atoms with Crippen LogP contribution in [0, 0.1) is 11.8 Å². The Morgan fingerprint density at radius 3 is 2.48 bits per heavy atom. The molecule has 0 aliphatic carbocycles. The molecule has 21 heavy (non-hydrogen) atoms. The van der Waals surface area contributed by atoms with Crippen molar-refractivity contribution in [3.05, 3.63) is 10.6 Å². The zero-order valence-electron chi connectivity index (χ0n) is 14.4. The third-order valence-electron chi connectivity index (χ3n) is 3.12. The lowest BCUT2D eigenvalue weighted by Gasteiger charge is -2.21. The van der Waals surface area contributed by atoms with Crippen LogP contribution in [0.3, 0.4) is 0 Å². The van der Waals surface area contributed by atoms with E-state index in [9.17, 15) is 0 Å². The van der Waals surface area contributed by atoms with Gasteiger partial charge in [-0.25, -0.2) is 4.98 Å². The average Bonchev–Trinajstić information content (AvgIpc) is 2.79. The summed E-state index contributed by atoms with van der Waals surface area (Å²) in [6.45, 7) is 15.7. The Balaban J connectivity index is 2.81. The molecule has 0 aliphatic heterocycles. The van der Waals surface area contributed by atoms with Gasteiger partial charge in [-0.15, -0.1) is 11.3 Å². The van der Waals surface area contributed by atoms with E-state index in [1.807, 2.05) is 0 Å². The summed E-state index contributed by atoms with van der Waals surface area (Å²) in [7, 11) is 1.73. The van der Waals surface area contributed by atoms with Gasteiger partial charge >= 0.3 is 0 Å². The molecule has 0 amide bonds. The zero-order chi connectivity index (χ0) is 15.8. The van der Waals surface area contributed by atoms with Crippen molar-refractivity contribution < 1.29 is 4.74 Å². The van der Waals surface area contributed by atoms with Crippen molar-refractivity contribution in [2.75, 3.05) is 31.6 Å². The Kier molecular flexibility index (Phi) is 8.22. The predicted molar refractivity (Wildman–Crippen MR) is 92.1 cm³/mol. The minimum Gasteiger partial charge on any atom is -0.378 e. The molecule has 0 saturated carbocycles. The van der Waals surface area contributed by atoms with E-state index in [0.717, 1.165) is 37.0 Å². The van der Waals surface area contributed by atoms with Crippen molar-refractivity contribution in [3.63, 3.8) is 0 Å². The van der Waals surface area contributed by atoms with Crippen molar-refractivity contribution in [1.29, 1.82) is 0 Å². The van der Waals surface area contributed by atoms with Crippen LogP contribution >= 0.6 is 11.3 Å². The molecule has 4 nitrogen and oxygen atoms in total. The van der Waals surface area contributed by atoms with E-state index >= 15 is 0 Å². The first kappa shape index (κ1) is 18.4. The summed E-state index contributed by atoms with van der Waals surface area (Å²) in [5.74, 6) is 1.30. The molecule has 0 aliphatic rings. The molecule has 0 aromatic carbocycles. The van der Waals surface area contributed by atoms with Crippen molar-refractivity contribution >= 4 is 16.5 Å². The molecule has 1 aromatic rings. The quantitative estimate of drug-likeness (QED) is 0.717. The molecule has 0 fully saturated rings. The summed E-state index contributed by atoms with van der Waals surface area (Å²) in [6, 6.07) is 0. The molecular formula is C16H31N3OS. The van der Waals surface area contributed by atoms with Gasteiger partial charge in [0.1, 0.15) is 0 Å². The van der Waals surface area contributed by atoms with Gasteiger partial charge in [0.2, 0.25) is 0 Å². The topological polar surface area (TPSA) is 37.4 Å². The second-order valence-electron chi connectivity index (χ2n) is 6.26. The summed E-state index contributed by atoms with van der Waals surface area (Å²) in [5, 5.41) is 4.63. The van der Waals surface area contributed by atoms with Gasteiger partial charge in [0, 0.05) is 31.6 Å². The molecule has 1 N–H and O–H groups in total. The molecular weight excluding hydrogens is 282 g/mol. The molecule has 0 atom stereocenters. The number of anilines is 1. The SMILES string of the molecule is CCN(CC(C)C)c1nc(COC)c(CNCC(C)C)s1. The van der Waals surface area contributed by atoms with E-state index in [0.29, 0.717) is 18.4 Å². The van der Waals surface area contributed by atoms with Crippen LogP contribution in [-0.4, -0.2) is 31.7 Å². The maximum Gasteiger partial charge on any atom is 0.185 e. The Hall–Kier alpha value is -0.650. The van der Waals surface area contributed by atoms with Crippen LogP contribution in [0.1, 0.15) is 45.2 Å². The lowest BCUT2D eigenvalue weighted by atomic mass is 10.2. The summed E-state index contributed by atoms with van der Waals surface area (Å²) >= 11 is 1.80. The van der Waals surface area contributed by atoms with Gasteiger partial charge in [-0.05, 0) is 25.3 Å². The highest BCUT2D eigenvalue weighted by atomic mass is 32.1. The second kappa shape index (κ2) is 9.38. The number of ether oxygens (including phenoxy) is 1. The van der Waals surface area contributed by atoms with Gasteiger partial charge in [-0.3, -0.25) is 0 Å². The fraction of sp³-hybridized carbons (Fsp3) is 0.812. The number of nitrogens with one attached hydrogen (secondary N) is 1. The van der Waals surface area contributed by atoms with Crippen LogP contribution < -0.4 is 10.2 Å². The van der Waals surface area contributed by atoms with Gasteiger partial charge in [0.25, 0.3) is 0 Å². The smallest absolute Gasteiger partial charge is 0.185 e. The monoisotopic (exact) mass is 313 g/mol. The normalized spacial score (nSPS) is 11.6. The number of nitrogens with zero attached hydrogens (tertiary/aromatic N) is 2. The van der Waals surface area contributed by atoms with Crippen molar-refractivity contribution in [3.8, 4) is 0 Å². The summed E-state index contributed by atoms with van der Waals surface area (Å²) < 4.78 is 5.30. The van der Waals surface area contributed by atoms with E-state index < -0.39 is 0 Å². The Labute approximate surface area is 133 Å². The van der Waals surface area contributed by atoms with E-state index in [1.54, 1.807) is 18.4 Å². The minimum atomic E-state index is 0.592. The van der Waals surface area contributed by atoms with Crippen LogP contribution in [0.4, 0.5) is 5.13 Å². The number of rotatable bonds is 10. The molecule has 0 spiro atoms. The molecule has 122 valence electrons. The highest BCUT2D eigenvalue weighted by molar-refractivity contribution is 7.15. The molecule has 1 rings (SSSR count). The van der Waals surface area contributed by atoms with Gasteiger partial charge < -0.3 is 15.0 Å². The van der Waals surface area contributed by atoms with Crippen LogP contribution in [0.15, 0.2) is 0 Å². The fourth-order valence-electron chi connectivity index (χ4n) is 2.15. The largest absolute Gasteiger partial charge is 0.378 e. The lowest BCUT2D eigenvalue weighted by Crippen LogP contribution is -2.27. The number of hydrogen-bond donors (Lipinski definition) is 1. The molecule has 0 saturated heterocycles. The third kappa shape index (κ3) is 6.32. The number of methoxy groups -OCH3 is 1. The summed E-state index contributed by atoms with van der Waals surface area (Å²) in [6.07, 6.45) is 0. The third-order valence-corrected chi connectivity index (χ3v) is 4.28. The number of hydrogen-bond acceptors (Lipinski definition) is 5. The highest BCUT2D eigenvalue weighted by Gasteiger charge is 2.16. The highest BCUT2D eigenvalue weighted by Crippen LogP contribution is 2.27. The van der Waals surface area contributed by atoms with Crippen molar-refractivity contribution in [1.82, 2.24) is 10.3 Å². The maximum atomic E-state index is 5.30. The molecule has 1 heterocycles. The average molecular weight is 314 g/mol. The van der Waals surface area contributed by atoms with E-state index in [-0.39, 0.29) is 0 Å². The molecule has 1 aromatic heterocycles. The number of thiazole rings is 1.